The molecule has 0 amide bonds. The van der Waals surface area contributed by atoms with Crippen molar-refractivity contribution < 1.29 is 34.7 Å². The molecule has 290 valence electrons. The second kappa shape index (κ2) is 15.8. The fourth-order valence-corrected chi connectivity index (χ4v) is 8.30. The Morgan fingerprint density at radius 1 is 0.579 bits per heavy atom. The van der Waals surface area contributed by atoms with E-state index in [-0.39, 0.29) is 53.3 Å². The molecule has 57 heavy (non-hydrogen) atoms. The van der Waals surface area contributed by atoms with Crippen molar-refractivity contribution in [2.75, 3.05) is 16.6 Å². The summed E-state index contributed by atoms with van der Waals surface area (Å²) in [5.41, 5.74) is 2.19. The van der Waals surface area contributed by atoms with Gasteiger partial charge in [-0.15, -0.1) is 0 Å². The van der Waals surface area contributed by atoms with E-state index in [4.69, 9.17) is 27.9 Å². The number of anilines is 2. The van der Waals surface area contributed by atoms with Crippen molar-refractivity contribution in [3.63, 3.8) is 0 Å². The van der Waals surface area contributed by atoms with Gasteiger partial charge in [0.05, 0.1) is 26.9 Å². The van der Waals surface area contributed by atoms with Gasteiger partial charge in [-0.3, -0.25) is 19.6 Å². The fraction of sp³-hybridized carbons (Fsp3) is 0.0256. The van der Waals surface area contributed by atoms with E-state index in [1.165, 1.54) is 31.4 Å². The summed E-state index contributed by atoms with van der Waals surface area (Å²) in [7, 11) is -6.50. The van der Waals surface area contributed by atoms with Gasteiger partial charge in [-0.05, 0) is 71.8 Å². The van der Waals surface area contributed by atoms with Gasteiger partial charge in [-0.25, -0.2) is 30.0 Å². The standard InChI is InChI=1S/C20H15ClFN3O3S.C19H12ClF2N3O2S/c1-28-13-7-9-14(10-8-13)29(26,27)25-20-16-11-15(12-5-3-2-4-6-12)17(21)18(22)19(16)23-24-20;20-16-14(11-4-2-1-3-5-11)10-15-18(17(16)22)23-24-19(15)25-28(26,27)13-8-6-12(21)7-9-13/h2-11H,1H3,(H2,23,24,25);1-10H,(H2,23,24,25). The van der Waals surface area contributed by atoms with Crippen molar-refractivity contribution in [2.45, 2.75) is 9.79 Å². The minimum atomic E-state index is -4.05. The second-order valence-electron chi connectivity index (χ2n) is 12.2. The molecule has 0 radical (unpaired) electrons. The Hall–Kier alpha value is -6.07. The van der Waals surface area contributed by atoms with E-state index in [0.29, 0.717) is 28.0 Å². The van der Waals surface area contributed by atoms with Crippen LogP contribution in [-0.2, 0) is 20.0 Å². The number of hydrogen-bond donors (Lipinski definition) is 4. The van der Waals surface area contributed by atoms with Crippen LogP contribution in [0.1, 0.15) is 0 Å². The number of halogens is 5. The molecule has 0 fully saturated rings. The van der Waals surface area contributed by atoms with Gasteiger partial charge in [-0.2, -0.15) is 10.2 Å². The lowest BCUT2D eigenvalue weighted by Crippen LogP contribution is -2.13. The average molecular weight is 852 g/mol. The van der Waals surface area contributed by atoms with Crippen molar-refractivity contribution in [3.05, 3.63) is 149 Å². The van der Waals surface area contributed by atoms with Crippen LogP contribution in [0.25, 0.3) is 44.1 Å². The normalized spacial score (nSPS) is 11.6. The molecule has 0 aliphatic carbocycles. The number of sulfonamides is 2. The maximum Gasteiger partial charge on any atom is 0.263 e. The van der Waals surface area contributed by atoms with Gasteiger partial charge in [0.25, 0.3) is 20.0 Å². The molecule has 0 aliphatic rings. The molecule has 4 N–H and O–H groups in total. The minimum Gasteiger partial charge on any atom is -0.497 e. The lowest BCUT2D eigenvalue weighted by atomic mass is 10.0. The Kier molecular flexibility index (Phi) is 10.9. The molecular formula is C39H27Cl2F3N6O5S2. The lowest BCUT2D eigenvalue weighted by Gasteiger charge is -2.09. The highest BCUT2D eigenvalue weighted by Gasteiger charge is 2.24. The summed E-state index contributed by atoms with van der Waals surface area (Å²) >= 11 is 12.4. The van der Waals surface area contributed by atoms with Crippen molar-refractivity contribution in [1.29, 1.82) is 0 Å². The summed E-state index contributed by atoms with van der Waals surface area (Å²) in [4.78, 5) is -0.130. The number of ether oxygens (including phenoxy) is 1. The molecule has 0 saturated heterocycles. The zero-order valence-electron chi connectivity index (χ0n) is 29.2. The smallest absolute Gasteiger partial charge is 0.263 e. The number of fused-ring (bicyclic) bond motifs is 2. The van der Waals surface area contributed by atoms with Gasteiger partial charge in [0.1, 0.15) is 22.6 Å². The average Bonchev–Trinajstić information content (AvgIpc) is 3.81. The molecule has 0 atom stereocenters. The van der Waals surface area contributed by atoms with Crippen molar-refractivity contribution in [1.82, 2.24) is 20.4 Å². The first-order chi connectivity index (χ1) is 27.3. The van der Waals surface area contributed by atoms with Gasteiger partial charge >= 0.3 is 0 Å². The van der Waals surface area contributed by atoms with Crippen molar-refractivity contribution in [2.24, 2.45) is 0 Å². The number of aromatic nitrogens is 4. The van der Waals surface area contributed by atoms with Crippen LogP contribution in [0.4, 0.5) is 24.8 Å². The zero-order chi connectivity index (χ0) is 40.5. The highest BCUT2D eigenvalue weighted by Crippen LogP contribution is 2.39. The van der Waals surface area contributed by atoms with Crippen molar-refractivity contribution in [3.8, 4) is 28.0 Å². The lowest BCUT2D eigenvalue weighted by molar-refractivity contribution is 0.414. The summed E-state index contributed by atoms with van der Waals surface area (Å²) < 4.78 is 103. The molecular weight excluding hydrogens is 824 g/mol. The van der Waals surface area contributed by atoms with E-state index < -0.39 is 37.5 Å². The molecule has 6 aromatic carbocycles. The number of aromatic amines is 2. The van der Waals surface area contributed by atoms with Gasteiger partial charge in [0.15, 0.2) is 23.3 Å². The molecule has 0 spiro atoms. The number of benzene rings is 6. The Labute approximate surface area is 333 Å². The zero-order valence-corrected chi connectivity index (χ0v) is 32.3. The van der Waals surface area contributed by atoms with Crippen LogP contribution < -0.4 is 14.2 Å². The van der Waals surface area contributed by atoms with Crippen LogP contribution in [0, 0.1) is 17.5 Å². The molecule has 2 aromatic heterocycles. The quantitative estimate of drug-likeness (QED) is 0.113. The molecule has 0 saturated carbocycles. The first kappa shape index (κ1) is 39.2. The maximum atomic E-state index is 14.8. The molecule has 0 aliphatic heterocycles. The molecule has 0 unspecified atom stereocenters. The predicted octanol–water partition coefficient (Wildman–Crippen LogP) is 9.79. The number of rotatable bonds is 9. The van der Waals surface area contributed by atoms with Crippen LogP contribution in [0.2, 0.25) is 10.0 Å². The Bertz CT molecular complexity index is 2970. The Morgan fingerprint density at radius 3 is 1.35 bits per heavy atom. The molecule has 2 heterocycles. The summed E-state index contributed by atoms with van der Waals surface area (Å²) in [5.74, 6) is -1.59. The largest absolute Gasteiger partial charge is 0.497 e. The van der Waals surface area contributed by atoms with E-state index in [1.54, 1.807) is 60.7 Å². The van der Waals surface area contributed by atoms with Gasteiger partial charge < -0.3 is 4.74 Å². The Morgan fingerprint density at radius 2 is 0.965 bits per heavy atom. The third kappa shape index (κ3) is 7.97. The van der Waals surface area contributed by atoms with Gasteiger partial charge in [-0.1, -0.05) is 83.9 Å². The van der Waals surface area contributed by atoms with E-state index in [9.17, 15) is 30.0 Å². The SMILES string of the molecule is COc1ccc(S(=O)(=O)Nc2n[nH]c3c(F)c(Cl)c(-c4ccccc4)cc23)cc1.O=S(=O)(Nc1n[nH]c2c(F)c(Cl)c(-c3ccccc3)cc12)c1ccc(F)cc1. The third-order valence-electron chi connectivity index (χ3n) is 8.61. The number of methoxy groups -OCH3 is 1. The number of hydrogen-bond acceptors (Lipinski definition) is 7. The number of nitrogens with zero attached hydrogens (tertiary/aromatic N) is 2. The van der Waals surface area contributed by atoms with E-state index in [2.05, 4.69) is 29.8 Å². The monoisotopic (exact) mass is 850 g/mol. The first-order valence-corrected chi connectivity index (χ1v) is 20.3. The molecule has 11 nitrogen and oxygen atoms in total. The number of nitrogens with one attached hydrogen (secondary N) is 4. The predicted molar refractivity (Wildman–Crippen MR) is 214 cm³/mol. The molecule has 18 heteroatoms. The minimum absolute atomic E-state index is 0.0158. The maximum absolute atomic E-state index is 14.8. The topological polar surface area (TPSA) is 159 Å². The Balaban J connectivity index is 0.000000174. The van der Waals surface area contributed by atoms with Crippen LogP contribution >= 0.6 is 23.2 Å². The molecule has 8 aromatic rings. The van der Waals surface area contributed by atoms with Gasteiger partial charge in [0.2, 0.25) is 0 Å². The summed E-state index contributed by atoms with van der Waals surface area (Å²) in [6.45, 7) is 0. The van der Waals surface area contributed by atoms with E-state index in [0.717, 1.165) is 24.3 Å². The van der Waals surface area contributed by atoms with Crippen LogP contribution in [-0.4, -0.2) is 44.3 Å². The highest BCUT2D eigenvalue weighted by molar-refractivity contribution is 7.93. The molecule has 0 bridgehead atoms. The second-order valence-corrected chi connectivity index (χ2v) is 16.3. The van der Waals surface area contributed by atoms with Crippen LogP contribution in [0.15, 0.2) is 131 Å². The highest BCUT2D eigenvalue weighted by atomic mass is 35.5. The van der Waals surface area contributed by atoms with Crippen molar-refractivity contribution >= 4 is 76.7 Å². The first-order valence-electron chi connectivity index (χ1n) is 16.6. The number of H-pyrrole nitrogens is 2. The van der Waals surface area contributed by atoms with E-state index in [1.807, 2.05) is 12.1 Å². The van der Waals surface area contributed by atoms with Gasteiger partial charge in [0, 0.05) is 21.9 Å². The summed E-state index contributed by atoms with van der Waals surface area (Å²) in [6, 6.07) is 31.2. The summed E-state index contributed by atoms with van der Waals surface area (Å²) in [5, 5.41) is 13.1. The fourth-order valence-electron chi connectivity index (χ4n) is 5.74. The third-order valence-corrected chi connectivity index (χ3v) is 12.1. The van der Waals surface area contributed by atoms with E-state index >= 15 is 0 Å². The van der Waals surface area contributed by atoms with Crippen LogP contribution in [0.5, 0.6) is 5.75 Å². The molecule has 8 rings (SSSR count). The van der Waals surface area contributed by atoms with Crippen LogP contribution in [0.3, 0.4) is 0 Å². The summed E-state index contributed by atoms with van der Waals surface area (Å²) in [6.07, 6.45) is 0.